The maximum Gasteiger partial charge on any atom is 0.217 e. The molecule has 0 atom stereocenters. The summed E-state index contributed by atoms with van der Waals surface area (Å²) in [4.78, 5) is 4.45. The molecule has 3 rings (SSSR count). The van der Waals surface area contributed by atoms with Crippen molar-refractivity contribution in [1.29, 1.82) is 0 Å². The Hall–Kier alpha value is -2.17. The summed E-state index contributed by atoms with van der Waals surface area (Å²) in [5.74, 6) is 0.661. The second-order valence-electron chi connectivity index (χ2n) is 5.45. The summed E-state index contributed by atoms with van der Waals surface area (Å²) in [5.41, 5.74) is 4.52. The van der Waals surface area contributed by atoms with E-state index in [1.54, 1.807) is 7.11 Å². The van der Waals surface area contributed by atoms with Crippen LogP contribution in [0.3, 0.4) is 0 Å². The van der Waals surface area contributed by atoms with E-state index in [0.29, 0.717) is 12.4 Å². The molecule has 0 radical (unpaired) electrons. The summed E-state index contributed by atoms with van der Waals surface area (Å²) in [6.07, 6.45) is 1.85. The van der Waals surface area contributed by atoms with Gasteiger partial charge in [-0.15, -0.1) is 0 Å². The van der Waals surface area contributed by atoms with Crippen LogP contribution in [0.5, 0.6) is 5.88 Å². The van der Waals surface area contributed by atoms with Crippen LogP contribution in [0.25, 0.3) is 11.1 Å². The summed E-state index contributed by atoms with van der Waals surface area (Å²) in [5, 5.41) is 3.46. The standard InChI is InChI=1S/C20H19BrN2O/c1-24-20-18(13-22-12-16-9-5-6-10-19(16)21)11-17(14-23-20)15-7-3-2-4-8-15/h2-11,14,22H,12-13H2,1H3. The lowest BCUT2D eigenvalue weighted by Gasteiger charge is -2.11. The second kappa shape index (κ2) is 8.08. The number of aromatic nitrogens is 1. The molecule has 1 aromatic heterocycles. The third kappa shape index (κ3) is 4.02. The largest absolute Gasteiger partial charge is 0.481 e. The molecule has 1 N–H and O–H groups in total. The molecule has 3 aromatic rings. The van der Waals surface area contributed by atoms with Gasteiger partial charge in [0, 0.05) is 34.9 Å². The molecule has 122 valence electrons. The number of rotatable bonds is 6. The third-order valence-corrected chi connectivity index (χ3v) is 4.59. The molecule has 0 aliphatic carbocycles. The van der Waals surface area contributed by atoms with E-state index >= 15 is 0 Å². The number of pyridine rings is 1. The van der Waals surface area contributed by atoms with Crippen molar-refractivity contribution in [2.75, 3.05) is 7.11 Å². The Kier molecular flexibility index (Phi) is 5.62. The highest BCUT2D eigenvalue weighted by atomic mass is 79.9. The number of ether oxygens (including phenoxy) is 1. The lowest BCUT2D eigenvalue weighted by molar-refractivity contribution is 0.390. The molecule has 0 saturated heterocycles. The van der Waals surface area contributed by atoms with Crippen molar-refractivity contribution in [3.8, 4) is 17.0 Å². The third-order valence-electron chi connectivity index (χ3n) is 3.81. The SMILES string of the molecule is COc1ncc(-c2ccccc2)cc1CNCc1ccccc1Br. The normalized spacial score (nSPS) is 10.6. The molecule has 24 heavy (non-hydrogen) atoms. The number of hydrogen-bond donors (Lipinski definition) is 1. The molecule has 1 heterocycles. The van der Waals surface area contributed by atoms with Crippen molar-refractivity contribution in [1.82, 2.24) is 10.3 Å². The van der Waals surface area contributed by atoms with E-state index in [2.05, 4.69) is 56.6 Å². The Morgan fingerprint density at radius 1 is 0.917 bits per heavy atom. The minimum atomic E-state index is 0.661. The Morgan fingerprint density at radius 3 is 2.38 bits per heavy atom. The number of halogens is 1. The highest BCUT2D eigenvalue weighted by molar-refractivity contribution is 9.10. The molecule has 0 spiro atoms. The lowest BCUT2D eigenvalue weighted by atomic mass is 10.1. The van der Waals surface area contributed by atoms with Crippen molar-refractivity contribution in [2.45, 2.75) is 13.1 Å². The molecule has 0 bridgehead atoms. The van der Waals surface area contributed by atoms with E-state index in [0.717, 1.165) is 27.7 Å². The summed E-state index contributed by atoms with van der Waals surface area (Å²) in [6, 6.07) is 20.6. The summed E-state index contributed by atoms with van der Waals surface area (Å²) in [7, 11) is 1.65. The van der Waals surface area contributed by atoms with E-state index < -0.39 is 0 Å². The van der Waals surface area contributed by atoms with Gasteiger partial charge in [0.15, 0.2) is 0 Å². The van der Waals surface area contributed by atoms with Crippen LogP contribution < -0.4 is 10.1 Å². The average Bonchev–Trinajstić information content (AvgIpc) is 2.64. The topological polar surface area (TPSA) is 34.1 Å². The van der Waals surface area contributed by atoms with Crippen molar-refractivity contribution in [3.63, 3.8) is 0 Å². The van der Waals surface area contributed by atoms with Crippen LogP contribution in [0, 0.1) is 0 Å². The highest BCUT2D eigenvalue weighted by Crippen LogP contribution is 2.24. The lowest BCUT2D eigenvalue weighted by Crippen LogP contribution is -2.14. The van der Waals surface area contributed by atoms with Gasteiger partial charge in [-0.05, 0) is 23.3 Å². The zero-order valence-corrected chi connectivity index (χ0v) is 15.1. The predicted molar refractivity (Wildman–Crippen MR) is 101 cm³/mol. The van der Waals surface area contributed by atoms with Gasteiger partial charge in [0.05, 0.1) is 7.11 Å². The smallest absolute Gasteiger partial charge is 0.217 e. The van der Waals surface area contributed by atoms with Crippen molar-refractivity contribution in [2.24, 2.45) is 0 Å². The van der Waals surface area contributed by atoms with Gasteiger partial charge in [0.2, 0.25) is 5.88 Å². The molecule has 0 amide bonds. The fourth-order valence-corrected chi connectivity index (χ4v) is 3.00. The predicted octanol–water partition coefficient (Wildman–Crippen LogP) is 4.81. The zero-order valence-electron chi connectivity index (χ0n) is 13.5. The fraction of sp³-hybridized carbons (Fsp3) is 0.150. The van der Waals surface area contributed by atoms with Gasteiger partial charge >= 0.3 is 0 Å². The van der Waals surface area contributed by atoms with Crippen LogP contribution in [0.1, 0.15) is 11.1 Å². The molecule has 0 saturated carbocycles. The Morgan fingerprint density at radius 2 is 1.62 bits per heavy atom. The number of nitrogens with one attached hydrogen (secondary N) is 1. The Balaban J connectivity index is 1.75. The van der Waals surface area contributed by atoms with Gasteiger partial charge in [0.25, 0.3) is 0 Å². The first kappa shape index (κ1) is 16.7. The van der Waals surface area contributed by atoms with Crippen LogP contribution in [-0.2, 0) is 13.1 Å². The van der Waals surface area contributed by atoms with E-state index in [4.69, 9.17) is 4.74 Å². The maximum atomic E-state index is 5.40. The molecule has 0 unspecified atom stereocenters. The van der Waals surface area contributed by atoms with Gasteiger partial charge in [-0.3, -0.25) is 0 Å². The highest BCUT2D eigenvalue weighted by Gasteiger charge is 2.08. The van der Waals surface area contributed by atoms with E-state index in [-0.39, 0.29) is 0 Å². The minimum Gasteiger partial charge on any atom is -0.481 e. The monoisotopic (exact) mass is 382 g/mol. The van der Waals surface area contributed by atoms with E-state index in [1.807, 2.05) is 36.5 Å². The average molecular weight is 383 g/mol. The molecule has 3 nitrogen and oxygen atoms in total. The first-order valence-electron chi connectivity index (χ1n) is 7.80. The van der Waals surface area contributed by atoms with E-state index in [9.17, 15) is 0 Å². The van der Waals surface area contributed by atoms with Gasteiger partial charge < -0.3 is 10.1 Å². The molecule has 2 aromatic carbocycles. The summed E-state index contributed by atoms with van der Waals surface area (Å²) >= 11 is 3.58. The minimum absolute atomic E-state index is 0.661. The van der Waals surface area contributed by atoms with Crippen LogP contribution in [0.4, 0.5) is 0 Å². The first-order chi connectivity index (χ1) is 11.8. The van der Waals surface area contributed by atoms with Gasteiger partial charge in [0.1, 0.15) is 0 Å². The quantitative estimate of drug-likeness (QED) is 0.664. The van der Waals surface area contributed by atoms with E-state index in [1.165, 1.54) is 5.56 Å². The number of benzene rings is 2. The summed E-state index contributed by atoms with van der Waals surface area (Å²) < 4.78 is 6.51. The first-order valence-corrected chi connectivity index (χ1v) is 8.59. The van der Waals surface area contributed by atoms with Crippen molar-refractivity contribution in [3.05, 3.63) is 82.5 Å². The van der Waals surface area contributed by atoms with Crippen molar-refractivity contribution >= 4 is 15.9 Å². The van der Waals surface area contributed by atoms with Gasteiger partial charge in [-0.1, -0.05) is 64.5 Å². The van der Waals surface area contributed by atoms with Gasteiger partial charge in [-0.25, -0.2) is 4.98 Å². The van der Waals surface area contributed by atoms with Crippen LogP contribution in [-0.4, -0.2) is 12.1 Å². The fourth-order valence-electron chi connectivity index (χ4n) is 2.57. The van der Waals surface area contributed by atoms with Crippen molar-refractivity contribution < 1.29 is 4.74 Å². The number of nitrogens with zero attached hydrogens (tertiary/aromatic N) is 1. The Bertz CT molecular complexity index is 806. The van der Waals surface area contributed by atoms with Gasteiger partial charge in [-0.2, -0.15) is 0 Å². The number of methoxy groups -OCH3 is 1. The molecule has 0 aliphatic rings. The second-order valence-corrected chi connectivity index (χ2v) is 6.31. The molecule has 0 fully saturated rings. The Labute approximate surface area is 150 Å². The summed E-state index contributed by atoms with van der Waals surface area (Å²) in [6.45, 7) is 1.47. The molecular weight excluding hydrogens is 364 g/mol. The molecule has 0 aliphatic heterocycles. The molecular formula is C20H19BrN2O. The molecule has 4 heteroatoms. The van der Waals surface area contributed by atoms with Crippen LogP contribution in [0.2, 0.25) is 0 Å². The van der Waals surface area contributed by atoms with Crippen LogP contribution in [0.15, 0.2) is 71.3 Å². The van der Waals surface area contributed by atoms with Crippen LogP contribution >= 0.6 is 15.9 Å². The maximum absolute atomic E-state index is 5.40. The zero-order chi connectivity index (χ0) is 16.8. The number of hydrogen-bond acceptors (Lipinski definition) is 3.